The average Bonchev–Trinajstić information content (AvgIpc) is 3.34. The molecule has 0 aromatic heterocycles. The minimum absolute atomic E-state index is 0.0589. The summed E-state index contributed by atoms with van der Waals surface area (Å²) in [5.74, 6) is 0.730. The van der Waals surface area contributed by atoms with E-state index < -0.39 is 12.1 Å². The predicted molar refractivity (Wildman–Crippen MR) is 124 cm³/mol. The number of carbonyl (C=O) groups excluding carboxylic acids is 2. The Morgan fingerprint density at radius 2 is 1.76 bits per heavy atom. The Morgan fingerprint density at radius 1 is 1.00 bits per heavy atom. The highest BCUT2D eigenvalue weighted by atomic mass is 16.7. The van der Waals surface area contributed by atoms with E-state index in [1.165, 1.54) is 0 Å². The standard InChI is InChI=1S/C26H24N2O6/c29-14-21-25(32-15-24(30)28(21)13-17-4-2-1-3-5-17)18-6-9-20(10-7-18)27-26(31)19-8-11-22-23(12-19)34-16-33-22/h1-12,21,25,29H,13-16H2,(H,27,31). The smallest absolute Gasteiger partial charge is 0.255 e. The molecule has 2 atom stereocenters. The van der Waals surface area contributed by atoms with Gasteiger partial charge in [-0.05, 0) is 41.5 Å². The normalized spacial score (nSPS) is 19.2. The molecule has 8 heteroatoms. The van der Waals surface area contributed by atoms with Crippen LogP contribution in [-0.2, 0) is 16.1 Å². The second kappa shape index (κ2) is 9.54. The number of rotatable bonds is 6. The molecule has 0 radical (unpaired) electrons. The lowest BCUT2D eigenvalue weighted by Gasteiger charge is -2.40. The van der Waals surface area contributed by atoms with Crippen LogP contribution in [0.2, 0.25) is 0 Å². The lowest BCUT2D eigenvalue weighted by molar-refractivity contribution is -0.162. The van der Waals surface area contributed by atoms with Crippen LogP contribution >= 0.6 is 0 Å². The first kappa shape index (κ1) is 21.9. The van der Waals surface area contributed by atoms with Crippen molar-refractivity contribution in [1.29, 1.82) is 0 Å². The van der Waals surface area contributed by atoms with Crippen molar-refractivity contribution in [2.75, 3.05) is 25.3 Å². The first-order chi connectivity index (χ1) is 16.6. The van der Waals surface area contributed by atoms with Crippen LogP contribution in [0.5, 0.6) is 11.5 Å². The molecule has 2 aliphatic rings. The zero-order valence-corrected chi connectivity index (χ0v) is 18.3. The van der Waals surface area contributed by atoms with Gasteiger partial charge in [0, 0.05) is 17.8 Å². The number of aliphatic hydroxyl groups excluding tert-OH is 1. The molecule has 1 saturated heterocycles. The summed E-state index contributed by atoms with van der Waals surface area (Å²) in [6, 6.07) is 21.4. The summed E-state index contributed by atoms with van der Waals surface area (Å²) in [5.41, 5.74) is 2.86. The summed E-state index contributed by atoms with van der Waals surface area (Å²) in [7, 11) is 0. The molecule has 2 unspecified atom stereocenters. The van der Waals surface area contributed by atoms with E-state index in [0.29, 0.717) is 29.3 Å². The Balaban J connectivity index is 1.29. The van der Waals surface area contributed by atoms with Crippen molar-refractivity contribution in [3.05, 3.63) is 89.5 Å². The highest BCUT2D eigenvalue weighted by molar-refractivity contribution is 6.04. The maximum Gasteiger partial charge on any atom is 0.255 e. The SMILES string of the molecule is O=C(Nc1ccc(C2OCC(=O)N(Cc3ccccc3)C2CO)cc1)c1ccc2c(c1)OCO2. The van der Waals surface area contributed by atoms with Crippen molar-refractivity contribution in [3.63, 3.8) is 0 Å². The number of carbonyl (C=O) groups is 2. The predicted octanol–water partition coefficient (Wildman–Crippen LogP) is 3.13. The van der Waals surface area contributed by atoms with E-state index in [2.05, 4.69) is 5.32 Å². The van der Waals surface area contributed by atoms with E-state index >= 15 is 0 Å². The van der Waals surface area contributed by atoms with E-state index in [1.54, 1.807) is 35.2 Å². The van der Waals surface area contributed by atoms with E-state index in [9.17, 15) is 14.7 Å². The number of ether oxygens (including phenoxy) is 3. The summed E-state index contributed by atoms with van der Waals surface area (Å²) < 4.78 is 16.4. The number of amides is 2. The van der Waals surface area contributed by atoms with Crippen LogP contribution in [0.3, 0.4) is 0 Å². The molecule has 34 heavy (non-hydrogen) atoms. The van der Waals surface area contributed by atoms with Crippen molar-refractivity contribution in [2.24, 2.45) is 0 Å². The van der Waals surface area contributed by atoms with Crippen LogP contribution < -0.4 is 14.8 Å². The molecule has 0 saturated carbocycles. The summed E-state index contributed by atoms with van der Waals surface area (Å²) in [5, 5.41) is 13.0. The number of hydrogen-bond acceptors (Lipinski definition) is 6. The number of nitrogens with zero attached hydrogens (tertiary/aromatic N) is 1. The molecule has 0 spiro atoms. The van der Waals surface area contributed by atoms with Crippen LogP contribution in [0.25, 0.3) is 0 Å². The van der Waals surface area contributed by atoms with Gasteiger partial charge in [-0.1, -0.05) is 42.5 Å². The van der Waals surface area contributed by atoms with Crippen molar-refractivity contribution in [1.82, 2.24) is 4.90 Å². The third-order valence-corrected chi connectivity index (χ3v) is 5.97. The van der Waals surface area contributed by atoms with E-state index in [1.807, 2.05) is 42.5 Å². The fourth-order valence-electron chi connectivity index (χ4n) is 4.20. The molecule has 8 nitrogen and oxygen atoms in total. The van der Waals surface area contributed by atoms with Crippen LogP contribution in [0.4, 0.5) is 5.69 Å². The zero-order chi connectivity index (χ0) is 23.5. The van der Waals surface area contributed by atoms with Gasteiger partial charge >= 0.3 is 0 Å². The molecular weight excluding hydrogens is 436 g/mol. The molecule has 2 amide bonds. The lowest BCUT2D eigenvalue weighted by atomic mass is 9.98. The summed E-state index contributed by atoms with van der Waals surface area (Å²) in [6.07, 6.45) is -0.481. The fraction of sp³-hybridized carbons (Fsp3) is 0.231. The minimum atomic E-state index is -0.518. The molecule has 1 fully saturated rings. The first-order valence-electron chi connectivity index (χ1n) is 11.0. The monoisotopic (exact) mass is 460 g/mol. The number of aliphatic hydroxyl groups is 1. The van der Waals surface area contributed by atoms with Gasteiger partial charge in [0.15, 0.2) is 11.5 Å². The summed E-state index contributed by atoms with van der Waals surface area (Å²) >= 11 is 0. The number of fused-ring (bicyclic) bond motifs is 1. The number of benzene rings is 3. The maximum absolute atomic E-state index is 12.6. The third kappa shape index (κ3) is 4.46. The third-order valence-electron chi connectivity index (χ3n) is 5.97. The number of hydrogen-bond donors (Lipinski definition) is 2. The van der Waals surface area contributed by atoms with E-state index in [4.69, 9.17) is 14.2 Å². The molecule has 2 aliphatic heterocycles. The van der Waals surface area contributed by atoms with Crippen molar-refractivity contribution in [2.45, 2.75) is 18.7 Å². The molecule has 0 bridgehead atoms. The van der Waals surface area contributed by atoms with E-state index in [0.717, 1.165) is 11.1 Å². The van der Waals surface area contributed by atoms with Crippen LogP contribution in [0.15, 0.2) is 72.8 Å². The summed E-state index contributed by atoms with van der Waals surface area (Å²) in [4.78, 5) is 26.9. The van der Waals surface area contributed by atoms with Gasteiger partial charge in [0.05, 0.1) is 12.6 Å². The molecule has 2 N–H and O–H groups in total. The largest absolute Gasteiger partial charge is 0.454 e. The van der Waals surface area contributed by atoms with E-state index in [-0.39, 0.29) is 31.8 Å². The molecule has 3 aromatic rings. The van der Waals surface area contributed by atoms with Gasteiger partial charge in [-0.2, -0.15) is 0 Å². The topological polar surface area (TPSA) is 97.3 Å². The second-order valence-electron chi connectivity index (χ2n) is 8.13. The molecule has 0 aliphatic carbocycles. The van der Waals surface area contributed by atoms with Gasteiger partial charge in [-0.15, -0.1) is 0 Å². The maximum atomic E-state index is 12.6. The lowest BCUT2D eigenvalue weighted by Crippen LogP contribution is -2.52. The fourth-order valence-corrected chi connectivity index (χ4v) is 4.20. The minimum Gasteiger partial charge on any atom is -0.454 e. The number of anilines is 1. The van der Waals surface area contributed by atoms with Gasteiger partial charge in [-0.3, -0.25) is 9.59 Å². The molecule has 2 heterocycles. The van der Waals surface area contributed by atoms with Gasteiger partial charge in [-0.25, -0.2) is 0 Å². The first-order valence-corrected chi connectivity index (χ1v) is 11.0. The van der Waals surface area contributed by atoms with Gasteiger partial charge in [0.2, 0.25) is 12.7 Å². The molecule has 174 valence electrons. The Hall–Kier alpha value is -3.88. The van der Waals surface area contributed by atoms with Gasteiger partial charge in [0.1, 0.15) is 12.7 Å². The van der Waals surface area contributed by atoms with Gasteiger partial charge < -0.3 is 29.5 Å². The molecule has 3 aromatic carbocycles. The van der Waals surface area contributed by atoms with Gasteiger partial charge in [0.25, 0.3) is 5.91 Å². The Bertz CT molecular complexity index is 1180. The molecule has 5 rings (SSSR count). The number of nitrogens with one attached hydrogen (secondary N) is 1. The Morgan fingerprint density at radius 3 is 2.53 bits per heavy atom. The van der Waals surface area contributed by atoms with Crippen molar-refractivity contribution < 1.29 is 28.9 Å². The number of morpholine rings is 1. The van der Waals surface area contributed by atoms with Crippen LogP contribution in [-0.4, -0.2) is 47.9 Å². The highest BCUT2D eigenvalue weighted by Gasteiger charge is 2.37. The van der Waals surface area contributed by atoms with Crippen molar-refractivity contribution in [3.8, 4) is 11.5 Å². The van der Waals surface area contributed by atoms with Crippen LogP contribution in [0, 0.1) is 0 Å². The highest BCUT2D eigenvalue weighted by Crippen LogP contribution is 2.33. The zero-order valence-electron chi connectivity index (χ0n) is 18.3. The summed E-state index contributed by atoms with van der Waals surface area (Å²) in [6.45, 7) is 0.255. The van der Waals surface area contributed by atoms with Crippen molar-refractivity contribution >= 4 is 17.5 Å². The molecular formula is C26H24N2O6. The average molecular weight is 460 g/mol. The Labute approximate surface area is 196 Å². The van der Waals surface area contributed by atoms with Crippen LogP contribution in [0.1, 0.15) is 27.6 Å². The quantitative estimate of drug-likeness (QED) is 0.587. The Kier molecular flexibility index (Phi) is 6.16. The second-order valence-corrected chi connectivity index (χ2v) is 8.13.